The molecule has 0 unspecified atom stereocenters. The second kappa shape index (κ2) is 6.94. The van der Waals surface area contributed by atoms with Gasteiger partial charge < -0.3 is 10.4 Å². The molecule has 8 heteroatoms. The van der Waals surface area contributed by atoms with Crippen LogP contribution in [0.5, 0.6) is 0 Å². The Morgan fingerprint density at radius 3 is 3.04 bits per heavy atom. The number of nitrogens with one attached hydrogen (secondary N) is 2. The molecule has 23 heavy (non-hydrogen) atoms. The predicted molar refractivity (Wildman–Crippen MR) is 91.8 cm³/mol. The maximum Gasteiger partial charge on any atom is 0.243 e. The molecule has 0 saturated heterocycles. The van der Waals surface area contributed by atoms with E-state index in [0.717, 1.165) is 30.6 Å². The number of aliphatic hydroxyl groups excluding tert-OH is 1. The average molecular weight is 352 g/mol. The van der Waals surface area contributed by atoms with Gasteiger partial charge in [-0.05, 0) is 43.4 Å². The lowest BCUT2D eigenvalue weighted by Gasteiger charge is -2.29. The molecule has 3 N–H and O–H groups in total. The molecule has 1 saturated carbocycles. The number of carbonyl (C=O) groups excluding carboxylic acids is 1. The van der Waals surface area contributed by atoms with Crippen molar-refractivity contribution >= 4 is 29.5 Å². The SMILES string of the molecule is C[C@H](C(=O)N[C@@H]1CCCC[C@H]1O)n1c(-c2cccs2)n[nH]c1=S. The fourth-order valence-electron chi connectivity index (χ4n) is 2.94. The molecule has 2 heterocycles. The van der Waals surface area contributed by atoms with Crippen LogP contribution in [0.4, 0.5) is 0 Å². The summed E-state index contributed by atoms with van der Waals surface area (Å²) in [5.74, 6) is 0.517. The quantitative estimate of drug-likeness (QED) is 0.739. The topological polar surface area (TPSA) is 82.9 Å². The summed E-state index contributed by atoms with van der Waals surface area (Å²) in [6, 6.07) is 3.21. The van der Waals surface area contributed by atoms with Gasteiger partial charge >= 0.3 is 0 Å². The molecule has 1 amide bonds. The number of aromatic amines is 1. The molecule has 0 radical (unpaired) electrons. The average Bonchev–Trinajstić information content (AvgIpc) is 3.18. The van der Waals surface area contributed by atoms with Crippen LogP contribution in [0, 0.1) is 4.77 Å². The van der Waals surface area contributed by atoms with Crippen LogP contribution >= 0.6 is 23.6 Å². The Hall–Kier alpha value is -1.51. The zero-order valence-corrected chi connectivity index (χ0v) is 14.5. The smallest absolute Gasteiger partial charge is 0.243 e. The number of aliphatic hydroxyl groups is 1. The van der Waals surface area contributed by atoms with Crippen molar-refractivity contribution in [2.75, 3.05) is 0 Å². The van der Waals surface area contributed by atoms with E-state index in [1.165, 1.54) is 0 Å². The Bertz CT molecular complexity index is 722. The van der Waals surface area contributed by atoms with E-state index in [0.29, 0.717) is 10.6 Å². The Labute approximate surface area is 143 Å². The number of hydrogen-bond acceptors (Lipinski definition) is 5. The van der Waals surface area contributed by atoms with Gasteiger partial charge in [0, 0.05) is 0 Å². The van der Waals surface area contributed by atoms with Gasteiger partial charge in [-0.25, -0.2) is 0 Å². The molecule has 3 rings (SSSR count). The zero-order valence-electron chi connectivity index (χ0n) is 12.9. The minimum Gasteiger partial charge on any atom is -0.391 e. The van der Waals surface area contributed by atoms with Crippen molar-refractivity contribution in [2.24, 2.45) is 0 Å². The standard InChI is InChI=1S/C15H20N4O2S2/c1-9(14(21)16-10-5-2-3-6-11(10)20)19-13(17-18-15(19)22)12-7-4-8-23-12/h4,7-11,20H,2-3,5-6H2,1H3,(H,16,21)(H,18,22)/t9-,10-,11-/m1/s1. The van der Waals surface area contributed by atoms with Crippen molar-refractivity contribution in [1.29, 1.82) is 0 Å². The third-order valence-electron chi connectivity index (χ3n) is 4.27. The third-order valence-corrected chi connectivity index (χ3v) is 5.42. The van der Waals surface area contributed by atoms with Crippen LogP contribution in [-0.4, -0.2) is 37.9 Å². The zero-order chi connectivity index (χ0) is 16.4. The van der Waals surface area contributed by atoms with E-state index >= 15 is 0 Å². The van der Waals surface area contributed by atoms with Crippen LogP contribution in [0.3, 0.4) is 0 Å². The highest BCUT2D eigenvalue weighted by Gasteiger charge is 2.28. The minimum absolute atomic E-state index is 0.147. The fourth-order valence-corrected chi connectivity index (χ4v) is 3.94. The van der Waals surface area contributed by atoms with Crippen molar-refractivity contribution in [3.63, 3.8) is 0 Å². The summed E-state index contributed by atoms with van der Waals surface area (Å²) in [6.45, 7) is 1.80. The van der Waals surface area contributed by atoms with Crippen molar-refractivity contribution < 1.29 is 9.90 Å². The van der Waals surface area contributed by atoms with Crippen LogP contribution in [0.15, 0.2) is 17.5 Å². The van der Waals surface area contributed by atoms with E-state index in [1.807, 2.05) is 17.5 Å². The van der Waals surface area contributed by atoms with Crippen molar-refractivity contribution in [3.05, 3.63) is 22.3 Å². The lowest BCUT2D eigenvalue weighted by molar-refractivity contribution is -0.125. The summed E-state index contributed by atoms with van der Waals surface area (Å²) < 4.78 is 2.14. The molecule has 1 aliphatic rings. The molecule has 2 aromatic rings. The number of carbonyl (C=O) groups is 1. The summed E-state index contributed by atoms with van der Waals surface area (Å²) in [4.78, 5) is 13.6. The Kier molecular flexibility index (Phi) is 4.93. The minimum atomic E-state index is -0.493. The molecule has 0 bridgehead atoms. The van der Waals surface area contributed by atoms with Crippen LogP contribution < -0.4 is 5.32 Å². The van der Waals surface area contributed by atoms with Gasteiger partial charge in [0.2, 0.25) is 5.91 Å². The van der Waals surface area contributed by atoms with Crippen LogP contribution in [0.25, 0.3) is 10.7 Å². The van der Waals surface area contributed by atoms with Gasteiger partial charge in [0.25, 0.3) is 0 Å². The van der Waals surface area contributed by atoms with E-state index in [2.05, 4.69) is 15.5 Å². The van der Waals surface area contributed by atoms with E-state index in [4.69, 9.17) is 12.2 Å². The second-order valence-corrected chi connectivity index (χ2v) is 7.18. The summed E-state index contributed by atoms with van der Waals surface area (Å²) in [7, 11) is 0. The summed E-state index contributed by atoms with van der Waals surface area (Å²) in [5.41, 5.74) is 0. The van der Waals surface area contributed by atoms with Gasteiger partial charge in [0.05, 0.1) is 17.0 Å². The van der Waals surface area contributed by atoms with E-state index in [-0.39, 0.29) is 11.9 Å². The van der Waals surface area contributed by atoms with Crippen molar-refractivity contribution in [2.45, 2.75) is 50.8 Å². The monoisotopic (exact) mass is 352 g/mol. The molecular weight excluding hydrogens is 332 g/mol. The van der Waals surface area contributed by atoms with Gasteiger partial charge in [-0.15, -0.1) is 11.3 Å². The highest BCUT2D eigenvalue weighted by atomic mass is 32.1. The number of amides is 1. The van der Waals surface area contributed by atoms with Crippen molar-refractivity contribution in [3.8, 4) is 10.7 Å². The molecule has 1 aliphatic carbocycles. The largest absolute Gasteiger partial charge is 0.391 e. The number of rotatable bonds is 4. The van der Waals surface area contributed by atoms with Gasteiger partial charge in [0.1, 0.15) is 6.04 Å². The van der Waals surface area contributed by atoms with Gasteiger partial charge in [-0.3, -0.25) is 14.5 Å². The second-order valence-electron chi connectivity index (χ2n) is 5.84. The van der Waals surface area contributed by atoms with Crippen molar-refractivity contribution in [1.82, 2.24) is 20.1 Å². The molecule has 6 nitrogen and oxygen atoms in total. The first-order chi connectivity index (χ1) is 11.1. The van der Waals surface area contributed by atoms with Crippen LogP contribution in [0.2, 0.25) is 0 Å². The van der Waals surface area contributed by atoms with Gasteiger partial charge in [0.15, 0.2) is 10.6 Å². The first-order valence-corrected chi connectivity index (χ1v) is 9.06. The maximum atomic E-state index is 12.6. The highest BCUT2D eigenvalue weighted by molar-refractivity contribution is 7.71. The molecule has 0 spiro atoms. The third kappa shape index (κ3) is 3.39. The Morgan fingerprint density at radius 1 is 1.57 bits per heavy atom. The number of hydrogen-bond donors (Lipinski definition) is 3. The molecule has 0 aliphatic heterocycles. The van der Waals surface area contributed by atoms with E-state index in [1.54, 1.807) is 22.8 Å². The molecule has 2 aromatic heterocycles. The van der Waals surface area contributed by atoms with E-state index < -0.39 is 12.1 Å². The number of thiophene rings is 1. The molecule has 3 atom stereocenters. The van der Waals surface area contributed by atoms with Crippen LogP contribution in [0.1, 0.15) is 38.6 Å². The number of nitrogens with zero attached hydrogens (tertiary/aromatic N) is 2. The number of H-pyrrole nitrogens is 1. The summed E-state index contributed by atoms with van der Waals surface area (Å²) in [5, 5.41) is 22.0. The fraction of sp³-hybridized carbons (Fsp3) is 0.533. The molecule has 0 aromatic carbocycles. The van der Waals surface area contributed by atoms with Crippen LogP contribution in [-0.2, 0) is 4.79 Å². The highest BCUT2D eigenvalue weighted by Crippen LogP contribution is 2.26. The number of aromatic nitrogens is 3. The first-order valence-electron chi connectivity index (χ1n) is 7.77. The predicted octanol–water partition coefficient (Wildman–Crippen LogP) is 2.65. The first kappa shape index (κ1) is 16.4. The van der Waals surface area contributed by atoms with Gasteiger partial charge in [-0.2, -0.15) is 5.10 Å². The lowest BCUT2D eigenvalue weighted by atomic mass is 9.92. The molecular formula is C15H20N4O2S2. The normalized spacial score (nSPS) is 22.7. The van der Waals surface area contributed by atoms with Gasteiger partial charge in [-0.1, -0.05) is 18.9 Å². The maximum absolute atomic E-state index is 12.6. The summed E-state index contributed by atoms with van der Waals surface area (Å²) in [6.07, 6.45) is 3.13. The molecule has 1 fully saturated rings. The molecule has 124 valence electrons. The Morgan fingerprint density at radius 2 is 2.35 bits per heavy atom. The summed E-state index contributed by atoms with van der Waals surface area (Å²) >= 11 is 6.84. The lowest BCUT2D eigenvalue weighted by Crippen LogP contribution is -2.47. The van der Waals surface area contributed by atoms with E-state index in [9.17, 15) is 9.90 Å². The Balaban J connectivity index is 1.80.